The van der Waals surface area contributed by atoms with Gasteiger partial charge in [0.2, 0.25) is 5.91 Å². The van der Waals surface area contributed by atoms with E-state index in [4.69, 9.17) is 0 Å². The van der Waals surface area contributed by atoms with Gasteiger partial charge in [0.05, 0.1) is 6.04 Å². The molecule has 1 aromatic rings. The van der Waals surface area contributed by atoms with E-state index in [1.54, 1.807) is 0 Å². The van der Waals surface area contributed by atoms with Crippen LogP contribution in [-0.4, -0.2) is 46.6 Å². The number of nitrogens with zero attached hydrogens (tertiary/aromatic N) is 2. The summed E-state index contributed by atoms with van der Waals surface area (Å²) < 4.78 is 0. The van der Waals surface area contributed by atoms with Crippen LogP contribution in [0.3, 0.4) is 0 Å². The Morgan fingerprint density at radius 1 is 1.04 bits per heavy atom. The van der Waals surface area contributed by atoms with Gasteiger partial charge in [0, 0.05) is 6.54 Å². The summed E-state index contributed by atoms with van der Waals surface area (Å²) in [5.74, 6) is -2.26. The van der Waals surface area contributed by atoms with Crippen LogP contribution in [0.5, 0.6) is 0 Å². The number of rotatable bonds is 7. The van der Waals surface area contributed by atoms with E-state index in [0.29, 0.717) is 11.3 Å². The second-order valence-corrected chi connectivity index (χ2v) is 6.92. The number of benzene rings is 1. The Bertz CT molecular complexity index is 712. The summed E-state index contributed by atoms with van der Waals surface area (Å²) in [5, 5.41) is 2.83. The zero-order valence-corrected chi connectivity index (χ0v) is 15.6. The fourth-order valence-corrected chi connectivity index (χ4v) is 2.82. The molecule has 1 aliphatic rings. The number of hydrogen-bond acceptors (Lipinski definition) is 4. The molecule has 0 saturated carbocycles. The molecule has 0 unspecified atom stereocenters. The van der Waals surface area contributed by atoms with Crippen LogP contribution in [-0.2, 0) is 14.4 Å². The Hall–Kier alpha value is -2.70. The lowest BCUT2D eigenvalue weighted by molar-refractivity contribution is -0.144. The van der Waals surface area contributed by atoms with Crippen LogP contribution in [0.2, 0.25) is 0 Å². The van der Waals surface area contributed by atoms with E-state index in [-0.39, 0.29) is 18.5 Å². The third-order valence-corrected chi connectivity index (χ3v) is 4.21. The predicted octanol–water partition coefficient (Wildman–Crippen LogP) is 2.01. The summed E-state index contributed by atoms with van der Waals surface area (Å²) in [4.78, 5) is 50.2. The first-order chi connectivity index (χ1) is 12.2. The summed E-state index contributed by atoms with van der Waals surface area (Å²) in [5.41, 5.74) is 2.06. The highest BCUT2D eigenvalue weighted by atomic mass is 16.2. The van der Waals surface area contributed by atoms with E-state index in [1.165, 1.54) is 0 Å². The van der Waals surface area contributed by atoms with Crippen molar-refractivity contribution in [2.24, 2.45) is 5.92 Å². The predicted molar refractivity (Wildman–Crippen MR) is 96.0 cm³/mol. The monoisotopic (exact) mass is 359 g/mol. The molecule has 1 saturated heterocycles. The van der Waals surface area contributed by atoms with Crippen LogP contribution in [0.4, 0.5) is 4.79 Å². The molecule has 1 fully saturated rings. The highest BCUT2D eigenvalue weighted by molar-refractivity contribution is 6.45. The normalized spacial score (nSPS) is 15.8. The van der Waals surface area contributed by atoms with Gasteiger partial charge in [0.1, 0.15) is 6.54 Å². The van der Waals surface area contributed by atoms with Crippen LogP contribution < -0.4 is 5.32 Å². The van der Waals surface area contributed by atoms with Crippen LogP contribution in [0.15, 0.2) is 24.3 Å². The van der Waals surface area contributed by atoms with Gasteiger partial charge in [-0.25, -0.2) is 9.69 Å². The lowest BCUT2D eigenvalue weighted by atomic mass is 10.0. The third-order valence-electron chi connectivity index (χ3n) is 4.21. The highest BCUT2D eigenvalue weighted by Crippen LogP contribution is 2.18. The lowest BCUT2D eigenvalue weighted by Crippen LogP contribution is -2.42. The number of imide groups is 2. The number of carbonyl (C=O) groups is 4. The summed E-state index contributed by atoms with van der Waals surface area (Å²) in [6.45, 7) is 7.29. The van der Waals surface area contributed by atoms with Gasteiger partial charge in [-0.05, 0) is 24.8 Å². The molecule has 7 nitrogen and oxygen atoms in total. The smallest absolute Gasteiger partial charge is 0.334 e. The average molecular weight is 359 g/mol. The maximum absolute atomic E-state index is 12.3. The largest absolute Gasteiger partial charge is 0.348 e. The molecular weight excluding hydrogens is 334 g/mol. The Morgan fingerprint density at radius 3 is 2.15 bits per heavy atom. The van der Waals surface area contributed by atoms with Crippen molar-refractivity contribution in [1.29, 1.82) is 0 Å². The average Bonchev–Trinajstić information content (AvgIpc) is 2.78. The van der Waals surface area contributed by atoms with Crippen molar-refractivity contribution in [3.8, 4) is 0 Å². The molecule has 2 rings (SSSR count). The molecule has 0 aromatic heterocycles. The van der Waals surface area contributed by atoms with E-state index < -0.39 is 30.3 Å². The first-order valence-corrected chi connectivity index (χ1v) is 8.77. The Morgan fingerprint density at radius 2 is 1.62 bits per heavy atom. The molecule has 140 valence electrons. The van der Waals surface area contributed by atoms with Gasteiger partial charge in [-0.1, -0.05) is 50.6 Å². The molecule has 26 heavy (non-hydrogen) atoms. The Labute approximate surface area is 153 Å². The Balaban J connectivity index is 2.04. The molecule has 1 N–H and O–H groups in total. The van der Waals surface area contributed by atoms with E-state index >= 15 is 0 Å². The minimum atomic E-state index is -0.950. The van der Waals surface area contributed by atoms with Crippen molar-refractivity contribution in [3.63, 3.8) is 0 Å². The van der Waals surface area contributed by atoms with E-state index in [9.17, 15) is 19.2 Å². The van der Waals surface area contributed by atoms with Gasteiger partial charge in [-0.15, -0.1) is 0 Å². The molecule has 7 heteroatoms. The van der Waals surface area contributed by atoms with Gasteiger partial charge in [0.25, 0.3) is 0 Å². The number of urea groups is 1. The van der Waals surface area contributed by atoms with Crippen molar-refractivity contribution >= 4 is 23.8 Å². The number of hydrogen-bond donors (Lipinski definition) is 1. The van der Waals surface area contributed by atoms with E-state index in [0.717, 1.165) is 16.0 Å². The van der Waals surface area contributed by atoms with Crippen molar-refractivity contribution in [2.45, 2.75) is 40.2 Å². The van der Waals surface area contributed by atoms with Crippen molar-refractivity contribution in [2.75, 3.05) is 13.1 Å². The first kappa shape index (κ1) is 19.6. The van der Waals surface area contributed by atoms with Crippen molar-refractivity contribution in [1.82, 2.24) is 15.1 Å². The standard InChI is InChI=1S/C19H25N3O4/c1-5-15(14-8-6-13(4)7-9-14)20-16(23)11-22-18(25)17(24)21(19(22)26)10-12(2)3/h6-9,12,15H,5,10-11H2,1-4H3,(H,20,23)/t15-/m0/s1. The summed E-state index contributed by atoms with van der Waals surface area (Å²) in [6.07, 6.45) is 0.662. The van der Waals surface area contributed by atoms with Gasteiger partial charge >= 0.3 is 17.8 Å². The van der Waals surface area contributed by atoms with Crippen molar-refractivity contribution in [3.05, 3.63) is 35.4 Å². The number of aryl methyl sites for hydroxylation is 1. The summed E-state index contributed by atoms with van der Waals surface area (Å²) >= 11 is 0. The second kappa shape index (κ2) is 8.12. The minimum Gasteiger partial charge on any atom is -0.348 e. The fourth-order valence-electron chi connectivity index (χ4n) is 2.82. The van der Waals surface area contributed by atoms with E-state index in [2.05, 4.69) is 5.32 Å². The fraction of sp³-hybridized carbons (Fsp3) is 0.474. The zero-order valence-electron chi connectivity index (χ0n) is 15.6. The quantitative estimate of drug-likeness (QED) is 0.596. The molecule has 5 amide bonds. The second-order valence-electron chi connectivity index (χ2n) is 6.92. The Kier molecular flexibility index (Phi) is 6.13. The molecule has 1 aliphatic heterocycles. The van der Waals surface area contributed by atoms with Gasteiger partial charge in [0.15, 0.2) is 0 Å². The third kappa shape index (κ3) is 4.28. The number of carbonyl (C=O) groups excluding carboxylic acids is 4. The summed E-state index contributed by atoms with van der Waals surface area (Å²) in [7, 11) is 0. The zero-order chi connectivity index (χ0) is 19.4. The lowest BCUT2D eigenvalue weighted by Gasteiger charge is -2.20. The molecule has 0 bridgehead atoms. The summed E-state index contributed by atoms with van der Waals surface area (Å²) in [6, 6.07) is 6.83. The number of nitrogens with one attached hydrogen (secondary N) is 1. The molecule has 0 radical (unpaired) electrons. The molecular formula is C19H25N3O4. The minimum absolute atomic E-state index is 0.0375. The van der Waals surface area contributed by atoms with Crippen LogP contribution in [0.25, 0.3) is 0 Å². The van der Waals surface area contributed by atoms with Gasteiger partial charge in [-0.3, -0.25) is 19.3 Å². The first-order valence-electron chi connectivity index (χ1n) is 8.77. The van der Waals surface area contributed by atoms with E-state index in [1.807, 2.05) is 52.0 Å². The SMILES string of the molecule is CC[C@H](NC(=O)CN1C(=O)C(=O)N(CC(C)C)C1=O)c1ccc(C)cc1. The molecule has 1 aromatic carbocycles. The van der Waals surface area contributed by atoms with Gasteiger partial charge in [-0.2, -0.15) is 0 Å². The van der Waals surface area contributed by atoms with Crippen LogP contribution >= 0.6 is 0 Å². The molecule has 1 heterocycles. The maximum Gasteiger partial charge on any atom is 0.334 e. The molecule has 0 aliphatic carbocycles. The number of amides is 5. The molecule has 0 spiro atoms. The van der Waals surface area contributed by atoms with Crippen molar-refractivity contribution < 1.29 is 19.2 Å². The topological polar surface area (TPSA) is 86.8 Å². The van der Waals surface area contributed by atoms with Gasteiger partial charge < -0.3 is 5.32 Å². The molecule has 1 atom stereocenters. The highest BCUT2D eigenvalue weighted by Gasteiger charge is 2.45. The van der Waals surface area contributed by atoms with Crippen LogP contribution in [0.1, 0.15) is 44.4 Å². The maximum atomic E-state index is 12.3. The van der Waals surface area contributed by atoms with Crippen LogP contribution in [0, 0.1) is 12.8 Å².